The molecule has 0 spiro atoms. The Bertz CT molecular complexity index is 1640. The highest BCUT2D eigenvalue weighted by atomic mass is 35.5. The summed E-state index contributed by atoms with van der Waals surface area (Å²) in [7, 11) is 0. The van der Waals surface area contributed by atoms with Crippen molar-refractivity contribution in [3.8, 4) is 17.3 Å². The van der Waals surface area contributed by atoms with Crippen LogP contribution in [0.5, 0.6) is 6.01 Å². The molecule has 2 aromatic heterocycles. The van der Waals surface area contributed by atoms with Crippen LogP contribution in [-0.4, -0.2) is 70.8 Å². The van der Waals surface area contributed by atoms with Gasteiger partial charge in [0, 0.05) is 59.7 Å². The van der Waals surface area contributed by atoms with Crippen molar-refractivity contribution in [1.29, 1.82) is 0 Å². The van der Waals surface area contributed by atoms with Crippen molar-refractivity contribution in [2.75, 3.05) is 31.1 Å². The van der Waals surface area contributed by atoms with Crippen LogP contribution in [0.2, 0.25) is 5.02 Å². The lowest BCUT2D eigenvalue weighted by atomic mass is 10.0. The maximum Gasteiger partial charge on any atom is 0.319 e. The topological polar surface area (TPSA) is 78.4 Å². The molecule has 2 bridgehead atoms. The minimum Gasteiger partial charge on any atom is -0.462 e. The molecule has 41 heavy (non-hydrogen) atoms. The van der Waals surface area contributed by atoms with Gasteiger partial charge >= 0.3 is 6.01 Å². The smallest absolute Gasteiger partial charge is 0.319 e. The van der Waals surface area contributed by atoms with E-state index in [-0.39, 0.29) is 30.4 Å². The minimum absolute atomic E-state index is 0.0184. The number of nitrogens with zero attached hydrogens (tertiary/aromatic N) is 5. The average molecular weight is 582 g/mol. The summed E-state index contributed by atoms with van der Waals surface area (Å²) in [5, 5.41) is 8.77. The summed E-state index contributed by atoms with van der Waals surface area (Å²) in [6.07, 6.45) is 3.07. The number of hydrogen-bond acceptors (Lipinski definition) is 8. The van der Waals surface area contributed by atoms with Crippen LogP contribution in [0.4, 0.5) is 19.0 Å². The SMILES string of the molecule is Fc1c(-c2cccc3cccc(Cl)c23)ncc2c(N3CC4CCC(C3)N4)nc(OCCN3C=CNC3C(F)F)nc12. The van der Waals surface area contributed by atoms with Crippen molar-refractivity contribution in [1.82, 2.24) is 30.5 Å². The van der Waals surface area contributed by atoms with Crippen molar-refractivity contribution in [3.05, 3.63) is 65.8 Å². The number of hydrogen-bond donors (Lipinski definition) is 2. The van der Waals surface area contributed by atoms with E-state index < -0.39 is 18.4 Å². The van der Waals surface area contributed by atoms with E-state index in [1.54, 1.807) is 24.5 Å². The number of ether oxygens (including phenoxy) is 1. The van der Waals surface area contributed by atoms with Gasteiger partial charge in [-0.15, -0.1) is 0 Å². The Morgan fingerprint density at radius 1 is 1.07 bits per heavy atom. The number of pyridine rings is 1. The van der Waals surface area contributed by atoms with E-state index in [2.05, 4.69) is 30.5 Å². The van der Waals surface area contributed by atoms with E-state index >= 15 is 4.39 Å². The predicted octanol–water partition coefficient (Wildman–Crippen LogP) is 4.92. The van der Waals surface area contributed by atoms with E-state index in [4.69, 9.17) is 16.3 Å². The van der Waals surface area contributed by atoms with Crippen molar-refractivity contribution < 1.29 is 17.9 Å². The van der Waals surface area contributed by atoms with Crippen molar-refractivity contribution in [2.24, 2.45) is 0 Å². The highest BCUT2D eigenvalue weighted by Crippen LogP contribution is 2.38. The number of benzene rings is 2. The molecule has 3 aliphatic heterocycles. The van der Waals surface area contributed by atoms with Gasteiger partial charge in [0.05, 0.1) is 11.9 Å². The van der Waals surface area contributed by atoms with Gasteiger partial charge in [0.1, 0.15) is 23.6 Å². The molecule has 3 unspecified atom stereocenters. The highest BCUT2D eigenvalue weighted by Gasteiger charge is 2.34. The molecule has 0 saturated carbocycles. The van der Waals surface area contributed by atoms with Crippen molar-refractivity contribution in [2.45, 2.75) is 37.5 Å². The lowest BCUT2D eigenvalue weighted by Gasteiger charge is -2.34. The second-order valence-electron chi connectivity index (χ2n) is 10.5. The second kappa shape index (κ2) is 10.5. The molecule has 8 nitrogen and oxygen atoms in total. The van der Waals surface area contributed by atoms with E-state index in [0.717, 1.165) is 18.2 Å². The van der Waals surface area contributed by atoms with Crippen molar-refractivity contribution in [3.63, 3.8) is 0 Å². The van der Waals surface area contributed by atoms with Gasteiger partial charge in [-0.3, -0.25) is 4.98 Å². The van der Waals surface area contributed by atoms with Crippen LogP contribution in [0, 0.1) is 5.82 Å². The van der Waals surface area contributed by atoms with Crippen LogP contribution < -0.4 is 20.3 Å². The van der Waals surface area contributed by atoms with Gasteiger partial charge in [-0.25, -0.2) is 13.2 Å². The van der Waals surface area contributed by atoms with Crippen LogP contribution in [0.15, 0.2) is 55.0 Å². The van der Waals surface area contributed by atoms with E-state index in [1.165, 1.54) is 11.1 Å². The van der Waals surface area contributed by atoms with Crippen LogP contribution in [0.3, 0.4) is 0 Å². The van der Waals surface area contributed by atoms with Crippen LogP contribution in [0.1, 0.15) is 12.8 Å². The molecule has 0 aliphatic carbocycles. The standard InChI is InChI=1S/C29H27ClF3N7O/c30-21-6-2-4-16-3-1-5-19(22(16)21)24-23(31)25-20(13-35-24)27(40-14-17-7-8-18(15-40)36-17)38-29(37-25)41-12-11-39-10-9-34-28(39)26(32)33/h1-6,9-10,13,17-18,26,28,34,36H,7-8,11-12,14-15H2. The van der Waals surface area contributed by atoms with Crippen LogP contribution >= 0.6 is 11.6 Å². The summed E-state index contributed by atoms with van der Waals surface area (Å²) in [6, 6.07) is 11.7. The fourth-order valence-corrected chi connectivity index (χ4v) is 6.36. The number of rotatable bonds is 7. The number of aromatic nitrogens is 3. The third-order valence-electron chi connectivity index (χ3n) is 7.98. The number of nitrogens with one attached hydrogen (secondary N) is 2. The fourth-order valence-electron chi connectivity index (χ4n) is 6.08. The Hall–Kier alpha value is -3.83. The summed E-state index contributed by atoms with van der Waals surface area (Å²) in [4.78, 5) is 17.3. The van der Waals surface area contributed by atoms with Gasteiger partial charge < -0.3 is 25.2 Å². The van der Waals surface area contributed by atoms with E-state index in [9.17, 15) is 8.78 Å². The minimum atomic E-state index is -2.57. The number of halogens is 4. The molecular weight excluding hydrogens is 555 g/mol. The zero-order valence-electron chi connectivity index (χ0n) is 21.9. The first kappa shape index (κ1) is 26.1. The molecule has 5 heterocycles. The maximum absolute atomic E-state index is 16.4. The zero-order valence-corrected chi connectivity index (χ0v) is 22.7. The highest BCUT2D eigenvalue weighted by molar-refractivity contribution is 6.36. The second-order valence-corrected chi connectivity index (χ2v) is 11.0. The van der Waals surface area contributed by atoms with Gasteiger partial charge in [0.15, 0.2) is 12.0 Å². The first-order chi connectivity index (χ1) is 20.0. The quantitative estimate of drug-likeness (QED) is 0.318. The molecule has 212 valence electrons. The zero-order chi connectivity index (χ0) is 28.1. The summed E-state index contributed by atoms with van der Waals surface area (Å²) >= 11 is 6.54. The van der Waals surface area contributed by atoms with E-state index in [1.807, 2.05) is 24.3 Å². The average Bonchev–Trinajstić information content (AvgIpc) is 3.58. The molecule has 4 aromatic rings. The fraction of sp³-hybridized carbons (Fsp3) is 0.345. The molecule has 7 rings (SSSR count). The largest absolute Gasteiger partial charge is 0.462 e. The first-order valence-electron chi connectivity index (χ1n) is 13.6. The summed E-state index contributed by atoms with van der Waals surface area (Å²) < 4.78 is 48.9. The molecule has 12 heteroatoms. The maximum atomic E-state index is 16.4. The molecule has 2 aromatic carbocycles. The van der Waals surface area contributed by atoms with Gasteiger partial charge in [-0.05, 0) is 24.3 Å². The summed E-state index contributed by atoms with van der Waals surface area (Å²) in [5.74, 6) is -0.0588. The Kier molecular flexibility index (Phi) is 6.70. The third kappa shape index (κ3) is 4.76. The van der Waals surface area contributed by atoms with Gasteiger partial charge in [0.25, 0.3) is 6.43 Å². The number of piperazine rings is 1. The monoisotopic (exact) mass is 581 g/mol. The van der Waals surface area contributed by atoms with Gasteiger partial charge in [0.2, 0.25) is 0 Å². The first-order valence-corrected chi connectivity index (χ1v) is 14.0. The summed E-state index contributed by atoms with van der Waals surface area (Å²) in [6.45, 7) is 1.63. The molecule has 3 aliphatic rings. The van der Waals surface area contributed by atoms with Crippen LogP contribution in [-0.2, 0) is 0 Å². The van der Waals surface area contributed by atoms with Crippen molar-refractivity contribution >= 4 is 39.1 Å². The van der Waals surface area contributed by atoms with Gasteiger partial charge in [-0.2, -0.15) is 9.97 Å². The number of fused-ring (bicyclic) bond motifs is 4. The van der Waals surface area contributed by atoms with E-state index in [0.29, 0.717) is 52.3 Å². The molecule has 3 atom stereocenters. The molecular formula is C29H27ClF3N7O. The lowest BCUT2D eigenvalue weighted by molar-refractivity contribution is 0.0406. The molecule has 2 saturated heterocycles. The Labute approximate surface area is 239 Å². The molecule has 2 N–H and O–H groups in total. The Morgan fingerprint density at radius 3 is 2.63 bits per heavy atom. The molecule has 0 amide bonds. The normalized spacial score (nSPS) is 21.8. The Balaban J connectivity index is 1.29. The van der Waals surface area contributed by atoms with Crippen LogP contribution in [0.25, 0.3) is 32.9 Å². The lowest BCUT2D eigenvalue weighted by Crippen LogP contribution is -2.51. The van der Waals surface area contributed by atoms with Gasteiger partial charge in [-0.1, -0.05) is 41.9 Å². The predicted molar refractivity (Wildman–Crippen MR) is 152 cm³/mol. The Morgan fingerprint density at radius 2 is 1.85 bits per heavy atom. The summed E-state index contributed by atoms with van der Waals surface area (Å²) in [5.41, 5.74) is 0.764. The third-order valence-corrected chi connectivity index (χ3v) is 8.29. The number of alkyl halides is 2. The molecule has 2 fully saturated rings. The number of anilines is 1. The molecule has 0 radical (unpaired) electrons.